The van der Waals surface area contributed by atoms with Crippen LogP contribution in [0.3, 0.4) is 0 Å². The number of nitrogens with one attached hydrogen (secondary N) is 1. The summed E-state index contributed by atoms with van der Waals surface area (Å²) in [6.45, 7) is 0. The van der Waals surface area contributed by atoms with Crippen LogP contribution in [0.2, 0.25) is 0 Å². The van der Waals surface area contributed by atoms with Crippen molar-refractivity contribution in [2.45, 2.75) is 18.8 Å². The van der Waals surface area contributed by atoms with Gasteiger partial charge in [-0.2, -0.15) is 0 Å². The van der Waals surface area contributed by atoms with Crippen molar-refractivity contribution >= 4 is 11.6 Å². The van der Waals surface area contributed by atoms with E-state index in [9.17, 15) is 4.79 Å². The van der Waals surface area contributed by atoms with E-state index in [0.717, 1.165) is 12.1 Å². The molecular weight excluding hydrogens is 222 g/mol. The van der Waals surface area contributed by atoms with Gasteiger partial charge in [0.25, 0.3) is 0 Å². The van der Waals surface area contributed by atoms with Crippen LogP contribution in [0.4, 0.5) is 5.69 Å². The Kier molecular flexibility index (Phi) is 2.85. The number of hydrogen-bond donors (Lipinski definition) is 1. The summed E-state index contributed by atoms with van der Waals surface area (Å²) in [6.07, 6.45) is 1.47. The number of carbonyl (C=O) groups is 1. The lowest BCUT2D eigenvalue weighted by Crippen LogP contribution is -2.12. The van der Waals surface area contributed by atoms with Crippen molar-refractivity contribution in [1.82, 2.24) is 0 Å². The van der Waals surface area contributed by atoms with Crippen LogP contribution in [0.25, 0.3) is 0 Å². The molecule has 0 saturated heterocycles. The average Bonchev–Trinajstić information content (AvgIpc) is 2.57. The maximum absolute atomic E-state index is 11.9. The number of hydrogen-bond acceptors (Lipinski definition) is 1. The van der Waals surface area contributed by atoms with Gasteiger partial charge in [-0.1, -0.05) is 48.5 Å². The van der Waals surface area contributed by atoms with Crippen LogP contribution in [-0.2, 0) is 11.2 Å². The van der Waals surface area contributed by atoms with Gasteiger partial charge in [0.2, 0.25) is 5.91 Å². The molecule has 1 amide bonds. The van der Waals surface area contributed by atoms with Gasteiger partial charge < -0.3 is 5.32 Å². The van der Waals surface area contributed by atoms with Crippen LogP contribution in [0.1, 0.15) is 23.5 Å². The summed E-state index contributed by atoms with van der Waals surface area (Å²) < 4.78 is 0. The standard InChI is InChI=1S/C16H15NO/c18-16-11-14(12-6-2-1-3-7-12)10-13-8-4-5-9-15(13)17-16/h1-9,14H,10-11H2,(H,17,18). The molecule has 0 radical (unpaired) electrons. The Bertz CT molecular complexity index is 562. The molecule has 0 bridgehead atoms. The van der Waals surface area contributed by atoms with Gasteiger partial charge in [-0.05, 0) is 29.5 Å². The highest BCUT2D eigenvalue weighted by molar-refractivity contribution is 5.93. The van der Waals surface area contributed by atoms with E-state index in [4.69, 9.17) is 0 Å². The smallest absolute Gasteiger partial charge is 0.225 e. The number of carbonyl (C=O) groups excluding carboxylic acids is 1. The fourth-order valence-corrected chi connectivity index (χ4v) is 2.54. The van der Waals surface area contributed by atoms with Gasteiger partial charge in [0.15, 0.2) is 0 Å². The quantitative estimate of drug-likeness (QED) is 0.809. The summed E-state index contributed by atoms with van der Waals surface area (Å²) in [5, 5.41) is 2.98. The van der Waals surface area contributed by atoms with Crippen LogP contribution >= 0.6 is 0 Å². The molecule has 0 aromatic heterocycles. The fraction of sp³-hybridized carbons (Fsp3) is 0.188. The second-order valence-corrected chi connectivity index (χ2v) is 4.72. The van der Waals surface area contributed by atoms with Crippen LogP contribution in [0, 0.1) is 0 Å². The third-order valence-electron chi connectivity index (χ3n) is 3.46. The minimum absolute atomic E-state index is 0.105. The van der Waals surface area contributed by atoms with Crippen LogP contribution < -0.4 is 5.32 Å². The number of benzene rings is 2. The maximum atomic E-state index is 11.9. The summed E-state index contributed by atoms with van der Waals surface area (Å²) in [7, 11) is 0. The largest absolute Gasteiger partial charge is 0.326 e. The lowest BCUT2D eigenvalue weighted by Gasteiger charge is -2.13. The molecule has 2 aromatic rings. The Morgan fingerprint density at radius 1 is 0.889 bits per heavy atom. The van der Waals surface area contributed by atoms with Crippen molar-refractivity contribution in [2.24, 2.45) is 0 Å². The Hall–Kier alpha value is -2.09. The summed E-state index contributed by atoms with van der Waals surface area (Å²) in [4.78, 5) is 11.9. The van der Waals surface area contributed by atoms with Gasteiger partial charge in [0, 0.05) is 12.1 Å². The molecule has 1 unspecified atom stereocenters. The molecule has 1 aliphatic rings. The maximum Gasteiger partial charge on any atom is 0.225 e. The van der Waals surface area contributed by atoms with E-state index >= 15 is 0 Å². The van der Waals surface area contributed by atoms with Crippen LogP contribution in [-0.4, -0.2) is 5.91 Å². The summed E-state index contributed by atoms with van der Waals surface area (Å²) in [5.74, 6) is 0.378. The van der Waals surface area contributed by atoms with Crippen molar-refractivity contribution in [3.05, 3.63) is 65.7 Å². The lowest BCUT2D eigenvalue weighted by atomic mass is 9.90. The predicted octanol–water partition coefficient (Wildman–Crippen LogP) is 3.36. The molecule has 0 aliphatic carbocycles. The molecule has 1 heterocycles. The zero-order valence-corrected chi connectivity index (χ0v) is 10.1. The molecule has 1 atom stereocenters. The first-order valence-electron chi connectivity index (χ1n) is 6.25. The zero-order valence-electron chi connectivity index (χ0n) is 10.1. The monoisotopic (exact) mass is 237 g/mol. The Balaban J connectivity index is 1.97. The van der Waals surface area contributed by atoms with Crippen molar-refractivity contribution in [3.8, 4) is 0 Å². The molecule has 2 aromatic carbocycles. The highest BCUT2D eigenvalue weighted by Gasteiger charge is 2.22. The van der Waals surface area contributed by atoms with E-state index in [1.807, 2.05) is 36.4 Å². The SMILES string of the molecule is O=C1CC(c2ccccc2)Cc2ccccc2N1. The van der Waals surface area contributed by atoms with Crippen molar-refractivity contribution < 1.29 is 4.79 Å². The van der Waals surface area contributed by atoms with Gasteiger partial charge in [-0.15, -0.1) is 0 Å². The Morgan fingerprint density at radius 3 is 2.44 bits per heavy atom. The number of fused-ring (bicyclic) bond motifs is 1. The molecule has 0 spiro atoms. The first kappa shape index (κ1) is 11.0. The van der Waals surface area contributed by atoms with Gasteiger partial charge >= 0.3 is 0 Å². The first-order valence-corrected chi connectivity index (χ1v) is 6.25. The van der Waals surface area contributed by atoms with E-state index in [0.29, 0.717) is 6.42 Å². The van der Waals surface area contributed by atoms with E-state index in [1.54, 1.807) is 0 Å². The summed E-state index contributed by atoms with van der Waals surface area (Å²) in [6, 6.07) is 18.3. The minimum atomic E-state index is 0.105. The van der Waals surface area contributed by atoms with Gasteiger partial charge in [0.1, 0.15) is 0 Å². The minimum Gasteiger partial charge on any atom is -0.326 e. The Labute approximate surface area is 107 Å². The molecule has 0 fully saturated rings. The topological polar surface area (TPSA) is 29.1 Å². The molecule has 2 heteroatoms. The van der Waals surface area contributed by atoms with Crippen molar-refractivity contribution in [1.29, 1.82) is 0 Å². The lowest BCUT2D eigenvalue weighted by molar-refractivity contribution is -0.116. The third kappa shape index (κ3) is 2.14. The highest BCUT2D eigenvalue weighted by atomic mass is 16.1. The van der Waals surface area contributed by atoms with Gasteiger partial charge in [-0.3, -0.25) is 4.79 Å². The van der Waals surface area contributed by atoms with Crippen molar-refractivity contribution in [2.75, 3.05) is 5.32 Å². The molecule has 1 N–H and O–H groups in total. The van der Waals surface area contributed by atoms with Crippen LogP contribution in [0.15, 0.2) is 54.6 Å². The number of rotatable bonds is 1. The predicted molar refractivity (Wildman–Crippen MR) is 72.6 cm³/mol. The average molecular weight is 237 g/mol. The van der Waals surface area contributed by atoms with E-state index in [2.05, 4.69) is 23.5 Å². The van der Waals surface area contributed by atoms with Crippen LogP contribution in [0.5, 0.6) is 0 Å². The second-order valence-electron chi connectivity index (χ2n) is 4.72. The zero-order chi connectivity index (χ0) is 12.4. The number of anilines is 1. The number of amides is 1. The molecular formula is C16H15NO. The molecule has 2 nitrogen and oxygen atoms in total. The highest BCUT2D eigenvalue weighted by Crippen LogP contribution is 2.31. The molecule has 90 valence electrons. The van der Waals surface area contributed by atoms with Crippen molar-refractivity contribution in [3.63, 3.8) is 0 Å². The summed E-state index contributed by atoms with van der Waals surface area (Å²) in [5.41, 5.74) is 3.42. The molecule has 3 rings (SSSR count). The Morgan fingerprint density at radius 2 is 1.61 bits per heavy atom. The number of para-hydroxylation sites is 1. The van der Waals surface area contributed by atoms with E-state index in [1.165, 1.54) is 11.1 Å². The second kappa shape index (κ2) is 4.65. The fourth-order valence-electron chi connectivity index (χ4n) is 2.54. The first-order chi connectivity index (χ1) is 8.83. The summed E-state index contributed by atoms with van der Waals surface area (Å²) >= 11 is 0. The molecule has 0 saturated carbocycles. The van der Waals surface area contributed by atoms with E-state index in [-0.39, 0.29) is 11.8 Å². The van der Waals surface area contributed by atoms with Gasteiger partial charge in [0.05, 0.1) is 0 Å². The molecule has 1 aliphatic heterocycles. The van der Waals surface area contributed by atoms with Gasteiger partial charge in [-0.25, -0.2) is 0 Å². The van der Waals surface area contributed by atoms with E-state index < -0.39 is 0 Å². The third-order valence-corrected chi connectivity index (χ3v) is 3.46. The normalized spacial score (nSPS) is 18.7. The molecule has 18 heavy (non-hydrogen) atoms.